The highest BCUT2D eigenvalue weighted by atomic mass is 79.9. The monoisotopic (exact) mass is 334 g/mol. The van der Waals surface area contributed by atoms with Crippen LogP contribution in [0.25, 0.3) is 10.8 Å². The maximum atomic E-state index is 11.8. The molecule has 4 heteroatoms. The van der Waals surface area contributed by atoms with Gasteiger partial charge in [0.2, 0.25) is 5.91 Å². The van der Waals surface area contributed by atoms with Gasteiger partial charge in [0.05, 0.1) is 6.54 Å². The average Bonchev–Trinajstić information content (AvgIpc) is 2.46. The fourth-order valence-corrected chi connectivity index (χ4v) is 2.50. The van der Waals surface area contributed by atoms with Crippen LogP contribution in [-0.2, 0) is 4.79 Å². The molecule has 0 saturated carbocycles. The number of hydrogen-bond acceptors (Lipinski definition) is 2. The summed E-state index contributed by atoms with van der Waals surface area (Å²) < 4.78 is 1.06. The number of rotatable bonds is 5. The molecule has 0 aliphatic rings. The van der Waals surface area contributed by atoms with Gasteiger partial charge in [-0.1, -0.05) is 47.1 Å². The summed E-state index contributed by atoms with van der Waals surface area (Å²) in [7, 11) is 0. The largest absolute Gasteiger partial charge is 0.376 e. The summed E-state index contributed by atoms with van der Waals surface area (Å²) in [5, 5.41) is 8.41. The van der Waals surface area contributed by atoms with E-state index in [1.807, 2.05) is 31.2 Å². The lowest BCUT2D eigenvalue weighted by atomic mass is 10.1. The van der Waals surface area contributed by atoms with Gasteiger partial charge >= 0.3 is 0 Å². The van der Waals surface area contributed by atoms with Crippen LogP contribution in [0.4, 0.5) is 5.69 Å². The number of halogens is 1. The van der Waals surface area contributed by atoms with Gasteiger partial charge in [-0.25, -0.2) is 0 Å². The molecule has 0 spiro atoms. The molecule has 0 aromatic heterocycles. The Morgan fingerprint density at radius 2 is 1.90 bits per heavy atom. The molecule has 20 heavy (non-hydrogen) atoms. The Kier molecular flexibility index (Phi) is 5.01. The van der Waals surface area contributed by atoms with E-state index >= 15 is 0 Å². The topological polar surface area (TPSA) is 41.1 Å². The van der Waals surface area contributed by atoms with E-state index in [0.29, 0.717) is 0 Å². The first-order valence-electron chi connectivity index (χ1n) is 6.82. The van der Waals surface area contributed by atoms with Crippen LogP contribution in [0.3, 0.4) is 0 Å². The quantitative estimate of drug-likeness (QED) is 0.869. The highest BCUT2D eigenvalue weighted by Crippen LogP contribution is 2.29. The molecule has 0 saturated heterocycles. The van der Waals surface area contributed by atoms with Gasteiger partial charge in [0, 0.05) is 21.6 Å². The van der Waals surface area contributed by atoms with E-state index in [1.165, 1.54) is 0 Å². The Labute approximate surface area is 127 Å². The lowest BCUT2D eigenvalue weighted by Crippen LogP contribution is -2.36. The van der Waals surface area contributed by atoms with Gasteiger partial charge < -0.3 is 10.6 Å². The van der Waals surface area contributed by atoms with Crippen molar-refractivity contribution in [2.45, 2.75) is 26.3 Å². The normalized spacial score (nSPS) is 12.2. The lowest BCUT2D eigenvalue weighted by molar-refractivity contribution is -0.120. The summed E-state index contributed by atoms with van der Waals surface area (Å²) in [6.45, 7) is 4.35. The van der Waals surface area contributed by atoms with Crippen molar-refractivity contribution in [2.24, 2.45) is 0 Å². The molecule has 0 heterocycles. The van der Waals surface area contributed by atoms with Crippen molar-refractivity contribution < 1.29 is 4.79 Å². The van der Waals surface area contributed by atoms with Gasteiger partial charge in [0.15, 0.2) is 0 Å². The highest BCUT2D eigenvalue weighted by Gasteiger charge is 2.07. The summed E-state index contributed by atoms with van der Waals surface area (Å²) in [4.78, 5) is 11.8. The predicted molar refractivity (Wildman–Crippen MR) is 88.0 cm³/mol. The second-order valence-corrected chi connectivity index (χ2v) is 5.73. The third-order valence-electron chi connectivity index (χ3n) is 3.33. The van der Waals surface area contributed by atoms with Crippen LogP contribution >= 0.6 is 15.9 Å². The van der Waals surface area contributed by atoms with Crippen molar-refractivity contribution in [1.29, 1.82) is 0 Å². The number of carbonyl (C=O) groups excluding carboxylic acids is 1. The fourth-order valence-electron chi connectivity index (χ4n) is 2.02. The van der Waals surface area contributed by atoms with Crippen molar-refractivity contribution >= 4 is 38.3 Å². The van der Waals surface area contributed by atoms with E-state index in [2.05, 4.69) is 45.6 Å². The zero-order valence-corrected chi connectivity index (χ0v) is 13.3. The number of hydrogen-bond donors (Lipinski definition) is 2. The lowest BCUT2D eigenvalue weighted by Gasteiger charge is -2.14. The second-order valence-electron chi connectivity index (χ2n) is 4.87. The maximum absolute atomic E-state index is 11.8. The first kappa shape index (κ1) is 14.9. The van der Waals surface area contributed by atoms with E-state index in [4.69, 9.17) is 0 Å². The van der Waals surface area contributed by atoms with Crippen LogP contribution in [0.5, 0.6) is 0 Å². The minimum absolute atomic E-state index is 0.0198. The highest BCUT2D eigenvalue weighted by molar-refractivity contribution is 9.10. The van der Waals surface area contributed by atoms with Gasteiger partial charge in [0.25, 0.3) is 0 Å². The summed E-state index contributed by atoms with van der Waals surface area (Å²) in [6.07, 6.45) is 0.937. The van der Waals surface area contributed by atoms with Crippen molar-refractivity contribution in [3.8, 4) is 0 Å². The first-order chi connectivity index (χ1) is 9.61. The van der Waals surface area contributed by atoms with Crippen LogP contribution in [0, 0.1) is 0 Å². The molecule has 106 valence electrons. The van der Waals surface area contributed by atoms with Gasteiger partial charge in [-0.05, 0) is 30.9 Å². The molecule has 2 aromatic carbocycles. The number of nitrogens with one attached hydrogen (secondary N) is 2. The summed E-state index contributed by atoms with van der Waals surface area (Å²) in [5.41, 5.74) is 0.975. The Balaban J connectivity index is 2.11. The van der Waals surface area contributed by atoms with E-state index in [9.17, 15) is 4.79 Å². The second kappa shape index (κ2) is 6.75. The van der Waals surface area contributed by atoms with Gasteiger partial charge in [0.1, 0.15) is 0 Å². The van der Waals surface area contributed by atoms with Crippen LogP contribution < -0.4 is 10.6 Å². The van der Waals surface area contributed by atoms with E-state index < -0.39 is 0 Å². The Morgan fingerprint density at radius 1 is 1.20 bits per heavy atom. The van der Waals surface area contributed by atoms with Crippen molar-refractivity contribution in [3.05, 3.63) is 40.9 Å². The molecular weight excluding hydrogens is 316 g/mol. The minimum Gasteiger partial charge on any atom is -0.376 e. The third-order valence-corrected chi connectivity index (χ3v) is 4.02. The number of fused-ring (bicyclic) bond motifs is 1. The number of benzene rings is 2. The Morgan fingerprint density at radius 3 is 2.60 bits per heavy atom. The van der Waals surface area contributed by atoms with E-state index in [0.717, 1.165) is 27.4 Å². The molecule has 2 N–H and O–H groups in total. The molecule has 0 aliphatic carbocycles. The fraction of sp³-hybridized carbons (Fsp3) is 0.312. The number of carbonyl (C=O) groups is 1. The predicted octanol–water partition coefficient (Wildman–Crippen LogP) is 3.93. The van der Waals surface area contributed by atoms with Crippen LogP contribution in [0.2, 0.25) is 0 Å². The molecule has 0 bridgehead atoms. The molecule has 1 atom stereocenters. The molecule has 1 amide bonds. The number of anilines is 1. The first-order valence-corrected chi connectivity index (χ1v) is 7.61. The molecule has 3 nitrogen and oxygen atoms in total. The number of amides is 1. The molecular formula is C16H19BrN2O. The summed E-state index contributed by atoms with van der Waals surface area (Å²) in [6, 6.07) is 12.3. The van der Waals surface area contributed by atoms with E-state index in [1.54, 1.807) is 0 Å². The smallest absolute Gasteiger partial charge is 0.239 e. The summed E-state index contributed by atoms with van der Waals surface area (Å²) in [5.74, 6) is 0.0198. The molecule has 2 rings (SSSR count). The maximum Gasteiger partial charge on any atom is 0.239 e. The standard InChI is InChI=1S/C16H19BrN2O/c1-3-11(2)19-16(20)10-18-15-9-8-14(17)12-6-4-5-7-13(12)15/h4-9,11,18H,3,10H2,1-2H3,(H,19,20). The Hall–Kier alpha value is -1.55. The molecule has 2 aromatic rings. The van der Waals surface area contributed by atoms with Gasteiger partial charge in [-0.15, -0.1) is 0 Å². The zero-order valence-electron chi connectivity index (χ0n) is 11.7. The van der Waals surface area contributed by atoms with Crippen molar-refractivity contribution in [2.75, 3.05) is 11.9 Å². The zero-order chi connectivity index (χ0) is 14.5. The minimum atomic E-state index is 0.0198. The average molecular weight is 335 g/mol. The third kappa shape index (κ3) is 3.51. The molecule has 1 unspecified atom stereocenters. The van der Waals surface area contributed by atoms with Crippen molar-refractivity contribution in [3.63, 3.8) is 0 Å². The van der Waals surface area contributed by atoms with Gasteiger partial charge in [-0.3, -0.25) is 4.79 Å². The molecule has 0 aliphatic heterocycles. The molecule has 0 radical (unpaired) electrons. The summed E-state index contributed by atoms with van der Waals surface area (Å²) >= 11 is 3.55. The van der Waals surface area contributed by atoms with Gasteiger partial charge in [-0.2, -0.15) is 0 Å². The van der Waals surface area contributed by atoms with Crippen LogP contribution in [0.15, 0.2) is 40.9 Å². The van der Waals surface area contributed by atoms with E-state index in [-0.39, 0.29) is 18.5 Å². The molecule has 0 fully saturated rings. The van der Waals surface area contributed by atoms with Crippen LogP contribution in [0.1, 0.15) is 20.3 Å². The Bertz CT molecular complexity index is 612. The van der Waals surface area contributed by atoms with Crippen LogP contribution in [-0.4, -0.2) is 18.5 Å². The van der Waals surface area contributed by atoms with Crippen molar-refractivity contribution in [1.82, 2.24) is 5.32 Å². The SMILES string of the molecule is CCC(C)NC(=O)CNc1ccc(Br)c2ccccc12.